The standard InChI is InChI=1S/C17H19N3O3/c18-10-11-20(17(22)15-4-2-1-3-5-15)12-13-6-8-14(9-7-13)16(21)19-23/h1-9,23H,10-12,18H2,(H,19,21). The molecule has 120 valence electrons. The molecule has 0 aliphatic rings. The molecular formula is C17H19N3O3. The van der Waals surface area contributed by atoms with E-state index in [1.807, 2.05) is 18.2 Å². The molecule has 6 nitrogen and oxygen atoms in total. The van der Waals surface area contributed by atoms with Crippen molar-refractivity contribution in [2.24, 2.45) is 5.73 Å². The second-order valence-electron chi connectivity index (χ2n) is 5.02. The number of carbonyl (C=O) groups excluding carboxylic acids is 2. The number of carbonyl (C=O) groups is 2. The quantitative estimate of drug-likeness (QED) is 0.555. The highest BCUT2D eigenvalue weighted by Gasteiger charge is 2.15. The van der Waals surface area contributed by atoms with E-state index in [1.165, 1.54) is 0 Å². The largest absolute Gasteiger partial charge is 0.333 e. The second kappa shape index (κ2) is 8.07. The van der Waals surface area contributed by atoms with Crippen LogP contribution in [0.5, 0.6) is 0 Å². The van der Waals surface area contributed by atoms with Crippen LogP contribution in [-0.4, -0.2) is 35.0 Å². The third kappa shape index (κ3) is 4.38. The number of hydrogen-bond donors (Lipinski definition) is 3. The van der Waals surface area contributed by atoms with E-state index in [4.69, 9.17) is 10.9 Å². The Balaban J connectivity index is 2.13. The Kier molecular flexibility index (Phi) is 5.85. The predicted octanol–water partition coefficient (Wildman–Crippen LogP) is 1.41. The number of rotatable bonds is 6. The Morgan fingerprint density at radius 3 is 2.22 bits per heavy atom. The summed E-state index contributed by atoms with van der Waals surface area (Å²) in [5, 5.41) is 8.61. The average Bonchev–Trinajstić information content (AvgIpc) is 2.61. The number of nitrogens with zero attached hydrogens (tertiary/aromatic N) is 1. The smallest absolute Gasteiger partial charge is 0.274 e. The van der Waals surface area contributed by atoms with Crippen LogP contribution in [0.4, 0.5) is 0 Å². The van der Waals surface area contributed by atoms with Crippen LogP contribution in [0.25, 0.3) is 0 Å². The molecule has 0 saturated heterocycles. The van der Waals surface area contributed by atoms with Crippen molar-refractivity contribution in [3.8, 4) is 0 Å². The van der Waals surface area contributed by atoms with E-state index in [0.29, 0.717) is 30.8 Å². The van der Waals surface area contributed by atoms with Crippen LogP contribution < -0.4 is 11.2 Å². The Morgan fingerprint density at radius 1 is 1.00 bits per heavy atom. The molecule has 0 spiro atoms. The Labute approximate surface area is 134 Å². The minimum absolute atomic E-state index is 0.0896. The highest BCUT2D eigenvalue weighted by molar-refractivity contribution is 5.94. The molecule has 0 heterocycles. The van der Waals surface area contributed by atoms with E-state index >= 15 is 0 Å². The van der Waals surface area contributed by atoms with Gasteiger partial charge in [-0.25, -0.2) is 5.48 Å². The minimum Gasteiger partial charge on any atom is -0.333 e. The molecule has 0 aliphatic carbocycles. The van der Waals surface area contributed by atoms with Crippen molar-refractivity contribution in [3.63, 3.8) is 0 Å². The Morgan fingerprint density at radius 2 is 1.65 bits per heavy atom. The van der Waals surface area contributed by atoms with Crippen LogP contribution in [0.1, 0.15) is 26.3 Å². The molecule has 4 N–H and O–H groups in total. The van der Waals surface area contributed by atoms with Gasteiger partial charge in [0, 0.05) is 30.8 Å². The molecule has 0 saturated carbocycles. The predicted molar refractivity (Wildman–Crippen MR) is 85.9 cm³/mol. The van der Waals surface area contributed by atoms with Crippen molar-refractivity contribution in [1.29, 1.82) is 0 Å². The molecule has 2 rings (SSSR count). The molecule has 0 fully saturated rings. The molecule has 0 unspecified atom stereocenters. The molecule has 0 aliphatic heterocycles. The summed E-state index contributed by atoms with van der Waals surface area (Å²) < 4.78 is 0. The highest BCUT2D eigenvalue weighted by Crippen LogP contribution is 2.11. The van der Waals surface area contributed by atoms with Crippen molar-refractivity contribution in [1.82, 2.24) is 10.4 Å². The molecule has 0 radical (unpaired) electrons. The molecular weight excluding hydrogens is 294 g/mol. The zero-order chi connectivity index (χ0) is 16.7. The lowest BCUT2D eigenvalue weighted by Crippen LogP contribution is -2.34. The third-order valence-corrected chi connectivity index (χ3v) is 3.40. The number of benzene rings is 2. The van der Waals surface area contributed by atoms with Gasteiger partial charge >= 0.3 is 0 Å². The molecule has 23 heavy (non-hydrogen) atoms. The van der Waals surface area contributed by atoms with Crippen molar-refractivity contribution in [2.75, 3.05) is 13.1 Å². The molecule has 0 aromatic heterocycles. The van der Waals surface area contributed by atoms with E-state index in [2.05, 4.69) is 0 Å². The maximum atomic E-state index is 12.5. The molecule has 2 aromatic rings. The number of amides is 2. The summed E-state index contributed by atoms with van der Waals surface area (Å²) in [5.41, 5.74) is 9.01. The maximum absolute atomic E-state index is 12.5. The topological polar surface area (TPSA) is 95.7 Å². The number of nitrogens with one attached hydrogen (secondary N) is 1. The molecule has 6 heteroatoms. The fraction of sp³-hybridized carbons (Fsp3) is 0.176. The summed E-state index contributed by atoms with van der Waals surface area (Å²) in [4.78, 5) is 25.5. The first-order valence-corrected chi connectivity index (χ1v) is 7.23. The highest BCUT2D eigenvalue weighted by atomic mass is 16.5. The lowest BCUT2D eigenvalue weighted by Gasteiger charge is -2.22. The van der Waals surface area contributed by atoms with Gasteiger partial charge in [0.25, 0.3) is 11.8 Å². The van der Waals surface area contributed by atoms with Crippen molar-refractivity contribution >= 4 is 11.8 Å². The fourth-order valence-electron chi connectivity index (χ4n) is 2.22. The second-order valence-corrected chi connectivity index (χ2v) is 5.02. The average molecular weight is 313 g/mol. The molecule has 2 amide bonds. The van der Waals surface area contributed by atoms with Crippen LogP contribution in [0.2, 0.25) is 0 Å². The Hall–Kier alpha value is -2.70. The van der Waals surface area contributed by atoms with Crippen LogP contribution in [0.15, 0.2) is 54.6 Å². The van der Waals surface area contributed by atoms with Gasteiger partial charge in [0.1, 0.15) is 0 Å². The monoisotopic (exact) mass is 313 g/mol. The van der Waals surface area contributed by atoms with E-state index < -0.39 is 5.91 Å². The van der Waals surface area contributed by atoms with Gasteiger partial charge in [0.2, 0.25) is 0 Å². The summed E-state index contributed by atoms with van der Waals surface area (Å²) in [6, 6.07) is 15.7. The van der Waals surface area contributed by atoms with Gasteiger partial charge < -0.3 is 10.6 Å². The van der Waals surface area contributed by atoms with Gasteiger partial charge in [0.05, 0.1) is 0 Å². The van der Waals surface area contributed by atoms with Crippen LogP contribution >= 0.6 is 0 Å². The lowest BCUT2D eigenvalue weighted by atomic mass is 10.1. The Bertz CT molecular complexity index is 657. The zero-order valence-corrected chi connectivity index (χ0v) is 12.6. The normalized spacial score (nSPS) is 10.2. The third-order valence-electron chi connectivity index (χ3n) is 3.40. The first kappa shape index (κ1) is 16.7. The van der Waals surface area contributed by atoms with Gasteiger partial charge in [0.15, 0.2) is 0 Å². The van der Waals surface area contributed by atoms with Gasteiger partial charge in [-0.15, -0.1) is 0 Å². The molecule has 0 atom stereocenters. The summed E-state index contributed by atoms with van der Waals surface area (Å²) in [6.45, 7) is 1.20. The molecule has 2 aromatic carbocycles. The summed E-state index contributed by atoms with van der Waals surface area (Å²) in [7, 11) is 0. The van der Waals surface area contributed by atoms with Crippen molar-refractivity contribution in [2.45, 2.75) is 6.54 Å². The van der Waals surface area contributed by atoms with Crippen LogP contribution in [0, 0.1) is 0 Å². The first-order chi connectivity index (χ1) is 11.2. The summed E-state index contributed by atoms with van der Waals surface area (Å²) in [5.74, 6) is -0.663. The van der Waals surface area contributed by atoms with E-state index in [1.54, 1.807) is 46.8 Å². The molecule has 0 bridgehead atoms. The van der Waals surface area contributed by atoms with Gasteiger partial charge in [-0.1, -0.05) is 30.3 Å². The van der Waals surface area contributed by atoms with Crippen molar-refractivity contribution in [3.05, 3.63) is 71.3 Å². The number of nitrogens with two attached hydrogens (primary N) is 1. The van der Waals surface area contributed by atoms with Crippen LogP contribution in [0.3, 0.4) is 0 Å². The minimum atomic E-state index is -0.573. The SMILES string of the molecule is NCCN(Cc1ccc(C(=O)NO)cc1)C(=O)c1ccccc1. The van der Waals surface area contributed by atoms with Gasteiger partial charge in [-0.05, 0) is 29.8 Å². The first-order valence-electron chi connectivity index (χ1n) is 7.23. The van der Waals surface area contributed by atoms with Gasteiger partial charge in [-0.3, -0.25) is 14.8 Å². The van der Waals surface area contributed by atoms with Crippen LogP contribution in [-0.2, 0) is 6.54 Å². The zero-order valence-electron chi connectivity index (χ0n) is 12.6. The fourth-order valence-corrected chi connectivity index (χ4v) is 2.22. The summed E-state index contributed by atoms with van der Waals surface area (Å²) >= 11 is 0. The number of hydroxylamine groups is 1. The number of hydrogen-bond acceptors (Lipinski definition) is 4. The maximum Gasteiger partial charge on any atom is 0.274 e. The lowest BCUT2D eigenvalue weighted by molar-refractivity contribution is 0.0705. The van der Waals surface area contributed by atoms with Gasteiger partial charge in [-0.2, -0.15) is 0 Å². The van der Waals surface area contributed by atoms with E-state index in [9.17, 15) is 9.59 Å². The van der Waals surface area contributed by atoms with Crippen molar-refractivity contribution < 1.29 is 14.8 Å². The summed E-state index contributed by atoms with van der Waals surface area (Å²) in [6.07, 6.45) is 0. The van der Waals surface area contributed by atoms with E-state index in [0.717, 1.165) is 5.56 Å². The van der Waals surface area contributed by atoms with E-state index in [-0.39, 0.29) is 5.91 Å².